The van der Waals surface area contributed by atoms with Crippen LogP contribution in [-0.2, 0) is 32.0 Å². The first-order valence-electron chi connectivity index (χ1n) is 21.7. The minimum atomic E-state index is -1.40. The quantitative estimate of drug-likeness (QED) is 0.0705. The van der Waals surface area contributed by atoms with Crippen LogP contribution in [0.25, 0.3) is 22.5 Å². The first-order chi connectivity index (χ1) is 31.3. The summed E-state index contributed by atoms with van der Waals surface area (Å²) in [6.07, 6.45) is 4.58. The minimum absolute atomic E-state index is 0.00338. The molecule has 0 spiro atoms. The van der Waals surface area contributed by atoms with Gasteiger partial charge in [0.1, 0.15) is 55.4 Å². The van der Waals surface area contributed by atoms with Crippen molar-refractivity contribution in [3.63, 3.8) is 0 Å². The number of carbonyl (C=O) groups is 5. The zero-order chi connectivity index (χ0) is 47.0. The monoisotopic (exact) mass is 889 g/mol. The highest BCUT2D eigenvalue weighted by Crippen LogP contribution is 2.40. The Labute approximate surface area is 379 Å². The fourth-order valence-electron chi connectivity index (χ4n) is 7.40. The van der Waals surface area contributed by atoms with Gasteiger partial charge in [0.15, 0.2) is 5.82 Å². The van der Waals surface area contributed by atoms with E-state index >= 15 is 0 Å². The Morgan fingerprint density at radius 3 is 2.25 bits per heavy atom. The molecule has 0 fully saturated rings. The van der Waals surface area contributed by atoms with Gasteiger partial charge in [0.2, 0.25) is 23.6 Å². The third-order valence-electron chi connectivity index (χ3n) is 10.9. The predicted octanol–water partition coefficient (Wildman–Crippen LogP) is 1.97. The number of aryl methyl sites for hydroxylation is 2. The van der Waals surface area contributed by atoms with Crippen molar-refractivity contribution in [1.29, 1.82) is 5.26 Å². The van der Waals surface area contributed by atoms with Crippen LogP contribution in [-0.4, -0.2) is 109 Å². The summed E-state index contributed by atoms with van der Waals surface area (Å²) < 4.78 is 12.2. The number of benzene rings is 3. The zero-order valence-electron chi connectivity index (χ0n) is 37.3. The molecule has 1 aromatic heterocycles. The molecule has 1 aliphatic heterocycles. The second-order valence-corrected chi connectivity index (χ2v) is 15.7. The lowest BCUT2D eigenvalue weighted by Crippen LogP contribution is -2.56. The number of unbranched alkanes of at least 4 members (excludes halogenated alkanes) is 1. The number of carbonyl (C=O) groups excluding carboxylic acids is 5. The van der Waals surface area contributed by atoms with Crippen molar-refractivity contribution in [2.75, 3.05) is 46.4 Å². The Bertz CT molecular complexity index is 2370. The van der Waals surface area contributed by atoms with E-state index in [1.54, 1.807) is 43.3 Å². The van der Waals surface area contributed by atoms with Crippen LogP contribution in [0.3, 0.4) is 0 Å². The van der Waals surface area contributed by atoms with Gasteiger partial charge in [-0.15, -0.1) is 0 Å². The Morgan fingerprint density at radius 2 is 1.62 bits per heavy atom. The highest BCUT2D eigenvalue weighted by Gasteiger charge is 2.36. The molecule has 4 aromatic rings. The van der Waals surface area contributed by atoms with Gasteiger partial charge in [-0.3, -0.25) is 24.0 Å². The summed E-state index contributed by atoms with van der Waals surface area (Å²) in [5, 5.41) is 19.9. The molecule has 5 amide bonds. The third kappa shape index (κ3) is 12.6. The molecule has 0 radical (unpaired) electrons. The Balaban J connectivity index is 1.54. The summed E-state index contributed by atoms with van der Waals surface area (Å²) in [6.45, 7) is 5.64. The lowest BCUT2D eigenvalue weighted by atomic mass is 9.93. The number of nitriles is 1. The standard InChI is InChI=1S/C47H59N11O7/c1-5-6-7-30-8-11-32(12-9-30)42-53-27-36(28(2)54-42)44(60)56-37(16-17-48)47(63)58(4)41-33-13-15-40(65-23-20-51)35(26-33)34-24-31(10-14-39(34)64-22-19-50)25-38(45(61)52-21-18-49)57-43(59)29(3)55-46(41)62/h8-15,24,26-27,29,37-38,41H,5-7,16-17,19-23,25,48,50-51H2,1-4H3,(H,52,61)(H,55,62)(H,56,60)(H,57,59)/t29-,37-,38-,41-/m0/s1. The number of amides is 5. The van der Waals surface area contributed by atoms with E-state index in [9.17, 15) is 24.0 Å². The molecule has 0 aliphatic carbocycles. The van der Waals surface area contributed by atoms with Crippen LogP contribution < -0.4 is 47.9 Å². The van der Waals surface area contributed by atoms with Gasteiger partial charge in [0.25, 0.3) is 5.91 Å². The number of nitrogens with zero attached hydrogens (tertiary/aromatic N) is 4. The molecule has 0 saturated heterocycles. The molecule has 10 N–H and O–H groups in total. The number of rotatable bonds is 18. The largest absolute Gasteiger partial charge is 0.492 e. The fraction of sp³-hybridized carbons (Fsp3) is 0.404. The van der Waals surface area contributed by atoms with E-state index in [1.165, 1.54) is 30.6 Å². The molecule has 4 bridgehead atoms. The number of likely N-dealkylation sites (N-methyl/N-ethyl adjacent to an activating group) is 1. The van der Waals surface area contributed by atoms with Crippen molar-refractivity contribution >= 4 is 29.5 Å². The van der Waals surface area contributed by atoms with Gasteiger partial charge >= 0.3 is 0 Å². The molecular weight excluding hydrogens is 831 g/mol. The molecule has 3 aromatic carbocycles. The van der Waals surface area contributed by atoms with Crippen molar-refractivity contribution in [2.45, 2.75) is 77.0 Å². The molecule has 65 heavy (non-hydrogen) atoms. The van der Waals surface area contributed by atoms with Crippen molar-refractivity contribution in [1.82, 2.24) is 36.1 Å². The lowest BCUT2D eigenvalue weighted by Gasteiger charge is -2.32. The molecule has 0 unspecified atom stereocenters. The van der Waals surface area contributed by atoms with E-state index in [-0.39, 0.29) is 57.8 Å². The average Bonchev–Trinajstić information content (AvgIpc) is 3.30. The maximum absolute atomic E-state index is 14.6. The van der Waals surface area contributed by atoms with E-state index in [2.05, 4.69) is 38.2 Å². The van der Waals surface area contributed by atoms with E-state index in [0.717, 1.165) is 24.8 Å². The SMILES string of the molecule is CCCCc1ccc(-c2ncc(C(=O)N[C@@H](CCN)C(=O)N(C)[C@@H]3C(=O)N[C@@H](C)C(=O)N[C@H](C(=O)NCC#N)Cc4ccc(OCCN)c(c4)-c4cc3ccc4OCCN)c(C)n2)cc1. The van der Waals surface area contributed by atoms with Crippen molar-refractivity contribution in [3.05, 3.63) is 94.8 Å². The number of nitrogens with one attached hydrogen (secondary N) is 4. The summed E-state index contributed by atoms with van der Waals surface area (Å²) >= 11 is 0. The number of nitrogens with two attached hydrogens (primary N) is 3. The van der Waals surface area contributed by atoms with Gasteiger partial charge in [0.05, 0.1) is 17.3 Å². The van der Waals surface area contributed by atoms with Crippen LogP contribution >= 0.6 is 0 Å². The molecule has 344 valence electrons. The number of fused-ring (bicyclic) bond motifs is 5. The second-order valence-electron chi connectivity index (χ2n) is 15.7. The zero-order valence-corrected chi connectivity index (χ0v) is 37.3. The maximum atomic E-state index is 14.6. The minimum Gasteiger partial charge on any atom is -0.492 e. The summed E-state index contributed by atoms with van der Waals surface area (Å²) in [5.74, 6) is -2.13. The van der Waals surface area contributed by atoms with Crippen LogP contribution in [0.2, 0.25) is 0 Å². The predicted molar refractivity (Wildman–Crippen MR) is 244 cm³/mol. The number of hydrogen-bond donors (Lipinski definition) is 7. The highest BCUT2D eigenvalue weighted by molar-refractivity contribution is 6.00. The summed E-state index contributed by atoms with van der Waals surface area (Å²) in [6, 6.07) is 15.0. The first-order valence-corrected chi connectivity index (χ1v) is 21.7. The molecule has 5 rings (SSSR count). The molecule has 18 nitrogen and oxygen atoms in total. The Morgan fingerprint density at radius 1 is 0.938 bits per heavy atom. The van der Waals surface area contributed by atoms with Crippen LogP contribution in [0.15, 0.2) is 66.9 Å². The lowest BCUT2D eigenvalue weighted by molar-refractivity contribution is -0.141. The van der Waals surface area contributed by atoms with Gasteiger partial charge in [-0.05, 0) is 80.6 Å². The molecule has 2 heterocycles. The summed E-state index contributed by atoms with van der Waals surface area (Å²) in [4.78, 5) is 80.4. The van der Waals surface area contributed by atoms with Gasteiger partial charge in [-0.1, -0.05) is 49.7 Å². The third-order valence-corrected chi connectivity index (χ3v) is 10.9. The second kappa shape index (κ2) is 23.7. The molecule has 18 heteroatoms. The number of aromatic nitrogens is 2. The van der Waals surface area contributed by atoms with Gasteiger partial charge < -0.3 is 52.8 Å². The number of hydrogen-bond acceptors (Lipinski definition) is 13. The highest BCUT2D eigenvalue weighted by atomic mass is 16.5. The topological polar surface area (TPSA) is 283 Å². The van der Waals surface area contributed by atoms with Crippen LogP contribution in [0.4, 0.5) is 0 Å². The van der Waals surface area contributed by atoms with E-state index in [0.29, 0.717) is 45.3 Å². The Kier molecular flexibility index (Phi) is 17.9. The van der Waals surface area contributed by atoms with Crippen LogP contribution in [0, 0.1) is 18.3 Å². The maximum Gasteiger partial charge on any atom is 0.255 e. The normalized spacial score (nSPS) is 16.4. The van der Waals surface area contributed by atoms with Crippen LogP contribution in [0.5, 0.6) is 11.5 Å². The first kappa shape index (κ1) is 49.1. The van der Waals surface area contributed by atoms with Gasteiger partial charge in [0, 0.05) is 49.4 Å². The van der Waals surface area contributed by atoms with Crippen LogP contribution in [0.1, 0.15) is 71.9 Å². The molecule has 0 saturated carbocycles. The van der Waals surface area contributed by atoms with Crippen molar-refractivity contribution in [3.8, 4) is 40.1 Å². The summed E-state index contributed by atoms with van der Waals surface area (Å²) in [7, 11) is 1.41. The molecule has 1 aliphatic rings. The molecule has 4 atom stereocenters. The molecular formula is C47H59N11O7. The van der Waals surface area contributed by atoms with E-state index in [4.69, 9.17) is 31.9 Å². The smallest absolute Gasteiger partial charge is 0.255 e. The van der Waals surface area contributed by atoms with Gasteiger partial charge in [-0.25, -0.2) is 9.97 Å². The average molecular weight is 890 g/mol. The van der Waals surface area contributed by atoms with Crippen molar-refractivity contribution < 1.29 is 33.4 Å². The summed E-state index contributed by atoms with van der Waals surface area (Å²) in [5.41, 5.74) is 22.1. The fourth-order valence-corrected chi connectivity index (χ4v) is 7.40. The Hall–Kier alpha value is -6.94. The van der Waals surface area contributed by atoms with Gasteiger partial charge in [-0.2, -0.15) is 5.26 Å². The number of ether oxygens (including phenoxy) is 2. The van der Waals surface area contributed by atoms with E-state index < -0.39 is 53.7 Å². The van der Waals surface area contributed by atoms with E-state index in [1.807, 2.05) is 30.3 Å². The van der Waals surface area contributed by atoms with Crippen molar-refractivity contribution in [2.24, 2.45) is 17.2 Å².